The van der Waals surface area contributed by atoms with E-state index < -0.39 is 11.9 Å². The molecule has 0 aliphatic carbocycles. The van der Waals surface area contributed by atoms with Gasteiger partial charge in [-0.3, -0.25) is 0 Å². The molecule has 0 unspecified atom stereocenters. The fourth-order valence-electron chi connectivity index (χ4n) is 2.34. The van der Waals surface area contributed by atoms with Gasteiger partial charge in [-0.1, -0.05) is 0 Å². The fourth-order valence-corrected chi connectivity index (χ4v) is 3.05. The second-order valence-electron chi connectivity index (χ2n) is 5.77. The van der Waals surface area contributed by atoms with E-state index in [9.17, 15) is 9.59 Å². The lowest BCUT2D eigenvalue weighted by molar-refractivity contribution is 0.0733. The third-order valence-corrected chi connectivity index (χ3v) is 5.04. The van der Waals surface area contributed by atoms with Crippen LogP contribution in [-0.2, 0) is 0 Å². The Morgan fingerprint density at radius 2 is 1.04 bits per heavy atom. The van der Waals surface area contributed by atoms with Crippen LogP contribution in [0.25, 0.3) is 0 Å². The Hall–Kier alpha value is -1.94. The molecule has 0 fully saturated rings. The van der Waals surface area contributed by atoms with Crippen molar-refractivity contribution in [2.75, 3.05) is 0 Å². The zero-order valence-electron chi connectivity index (χ0n) is 14.2. The molecule has 3 aromatic rings. The minimum Gasteiger partial charge on any atom is -0.423 e. The molecule has 4 nitrogen and oxygen atoms in total. The molecule has 6 heteroatoms. The molecule has 0 aliphatic heterocycles. The molecular weight excluding hydrogens is 570 g/mol. The normalized spacial score (nSPS) is 10.3. The van der Waals surface area contributed by atoms with Crippen LogP contribution in [0, 0.1) is 14.1 Å². The topological polar surface area (TPSA) is 52.6 Å². The molecule has 3 rings (SSSR count). The summed E-state index contributed by atoms with van der Waals surface area (Å²) in [5, 5.41) is 0. The molecule has 0 bridgehead atoms. The van der Waals surface area contributed by atoms with Crippen molar-refractivity contribution in [3.63, 3.8) is 0 Å². The highest BCUT2D eigenvalue weighted by molar-refractivity contribution is 14.1. The SMILES string of the molecule is Cc1cc(OC(=O)c2ccc(I)cc2)cc(OC(=O)c2ccc(I)cc2)c1. The van der Waals surface area contributed by atoms with E-state index in [1.54, 1.807) is 36.4 Å². The average molecular weight is 584 g/mol. The molecule has 0 spiro atoms. The van der Waals surface area contributed by atoms with Gasteiger partial charge in [-0.15, -0.1) is 0 Å². The lowest BCUT2D eigenvalue weighted by atomic mass is 10.2. The minimum atomic E-state index is -0.466. The molecule has 0 saturated carbocycles. The Balaban J connectivity index is 1.75. The highest BCUT2D eigenvalue weighted by Crippen LogP contribution is 2.24. The molecular formula is C21H14I2O4. The first kappa shape index (κ1) is 19.8. The van der Waals surface area contributed by atoms with Crippen LogP contribution in [0.5, 0.6) is 11.5 Å². The standard InChI is InChI=1S/C21H14I2O4/c1-13-10-18(26-20(24)14-2-6-16(22)7-3-14)12-19(11-13)27-21(25)15-4-8-17(23)9-5-15/h2-12H,1H3. The maximum Gasteiger partial charge on any atom is 0.343 e. The first-order valence-corrected chi connectivity index (χ1v) is 10.1. The van der Waals surface area contributed by atoms with Crippen LogP contribution in [0.2, 0.25) is 0 Å². The second kappa shape index (κ2) is 8.83. The van der Waals surface area contributed by atoms with Gasteiger partial charge in [0.2, 0.25) is 0 Å². The lowest BCUT2D eigenvalue weighted by Gasteiger charge is -2.09. The smallest absolute Gasteiger partial charge is 0.343 e. The van der Waals surface area contributed by atoms with Gasteiger partial charge in [0.05, 0.1) is 11.1 Å². The summed E-state index contributed by atoms with van der Waals surface area (Å²) in [6, 6.07) is 19.1. The minimum absolute atomic E-state index is 0.323. The Morgan fingerprint density at radius 1 is 0.667 bits per heavy atom. The van der Waals surface area contributed by atoms with Gasteiger partial charge in [0.15, 0.2) is 0 Å². The number of benzene rings is 3. The molecule has 27 heavy (non-hydrogen) atoms. The number of halogens is 2. The largest absolute Gasteiger partial charge is 0.423 e. The van der Waals surface area contributed by atoms with Gasteiger partial charge < -0.3 is 9.47 Å². The third kappa shape index (κ3) is 5.52. The van der Waals surface area contributed by atoms with E-state index in [4.69, 9.17) is 9.47 Å². The van der Waals surface area contributed by atoms with Crippen molar-refractivity contribution in [3.05, 3.63) is 90.6 Å². The van der Waals surface area contributed by atoms with Crippen molar-refractivity contribution in [2.45, 2.75) is 6.92 Å². The molecule has 0 aliphatic rings. The molecule has 0 amide bonds. The lowest BCUT2D eigenvalue weighted by Crippen LogP contribution is -2.10. The summed E-state index contributed by atoms with van der Waals surface area (Å²) in [4.78, 5) is 24.6. The van der Waals surface area contributed by atoms with Crippen molar-refractivity contribution < 1.29 is 19.1 Å². The highest BCUT2D eigenvalue weighted by Gasteiger charge is 2.13. The third-order valence-electron chi connectivity index (χ3n) is 3.61. The van der Waals surface area contributed by atoms with Crippen LogP contribution >= 0.6 is 45.2 Å². The first-order valence-electron chi connectivity index (χ1n) is 7.98. The molecule has 0 aromatic heterocycles. The molecule has 0 N–H and O–H groups in total. The van der Waals surface area contributed by atoms with Gasteiger partial charge >= 0.3 is 11.9 Å². The van der Waals surface area contributed by atoms with E-state index in [1.165, 1.54) is 6.07 Å². The van der Waals surface area contributed by atoms with Crippen molar-refractivity contribution in [2.24, 2.45) is 0 Å². The van der Waals surface area contributed by atoms with Gasteiger partial charge in [-0.25, -0.2) is 9.59 Å². The Kier molecular flexibility index (Phi) is 6.48. The van der Waals surface area contributed by atoms with E-state index in [0.29, 0.717) is 22.6 Å². The Morgan fingerprint density at radius 3 is 1.41 bits per heavy atom. The average Bonchev–Trinajstić information content (AvgIpc) is 2.62. The number of carbonyl (C=O) groups excluding carboxylic acids is 2. The number of rotatable bonds is 4. The van der Waals surface area contributed by atoms with Crippen LogP contribution in [0.3, 0.4) is 0 Å². The van der Waals surface area contributed by atoms with Crippen molar-refractivity contribution in [3.8, 4) is 11.5 Å². The van der Waals surface area contributed by atoms with Crippen LogP contribution < -0.4 is 9.47 Å². The number of hydrogen-bond donors (Lipinski definition) is 0. The second-order valence-corrected chi connectivity index (χ2v) is 8.27. The predicted molar refractivity (Wildman–Crippen MR) is 119 cm³/mol. The van der Waals surface area contributed by atoms with Crippen molar-refractivity contribution in [1.82, 2.24) is 0 Å². The summed E-state index contributed by atoms with van der Waals surface area (Å²) in [6.45, 7) is 1.84. The molecule has 136 valence electrons. The summed E-state index contributed by atoms with van der Waals surface area (Å²) in [7, 11) is 0. The number of esters is 2. The van der Waals surface area contributed by atoms with Crippen LogP contribution in [-0.4, -0.2) is 11.9 Å². The molecule has 0 atom stereocenters. The first-order chi connectivity index (χ1) is 12.9. The van der Waals surface area contributed by atoms with Gasteiger partial charge in [0.25, 0.3) is 0 Å². The maximum atomic E-state index is 12.3. The summed E-state index contributed by atoms with van der Waals surface area (Å²) in [6.07, 6.45) is 0. The van der Waals surface area contributed by atoms with Crippen LogP contribution in [0.15, 0.2) is 66.7 Å². The van der Waals surface area contributed by atoms with Gasteiger partial charge in [-0.2, -0.15) is 0 Å². The van der Waals surface area contributed by atoms with E-state index >= 15 is 0 Å². The van der Waals surface area contributed by atoms with Gasteiger partial charge in [-0.05, 0) is 118 Å². The number of aryl methyl sites for hydroxylation is 1. The fraction of sp³-hybridized carbons (Fsp3) is 0.0476. The monoisotopic (exact) mass is 584 g/mol. The number of hydrogen-bond acceptors (Lipinski definition) is 4. The Labute approximate surface area is 184 Å². The van der Waals surface area contributed by atoms with E-state index in [-0.39, 0.29) is 0 Å². The number of carbonyl (C=O) groups is 2. The number of ether oxygens (including phenoxy) is 2. The predicted octanol–water partition coefficient (Wildman–Crippen LogP) is 5.64. The quantitative estimate of drug-likeness (QED) is 0.227. The summed E-state index contributed by atoms with van der Waals surface area (Å²) < 4.78 is 12.9. The van der Waals surface area contributed by atoms with Gasteiger partial charge in [0.1, 0.15) is 11.5 Å². The molecule has 0 saturated heterocycles. The summed E-state index contributed by atoms with van der Waals surface area (Å²) in [5.74, 6) is -0.285. The zero-order chi connectivity index (χ0) is 19.4. The summed E-state index contributed by atoms with van der Waals surface area (Å²) >= 11 is 4.34. The van der Waals surface area contributed by atoms with E-state index in [2.05, 4.69) is 45.2 Å². The molecule has 0 heterocycles. The maximum absolute atomic E-state index is 12.3. The van der Waals surface area contributed by atoms with Crippen LogP contribution in [0.4, 0.5) is 0 Å². The summed E-state index contributed by atoms with van der Waals surface area (Å²) in [5.41, 5.74) is 1.72. The molecule has 3 aromatic carbocycles. The zero-order valence-corrected chi connectivity index (χ0v) is 18.6. The van der Waals surface area contributed by atoms with E-state index in [1.807, 2.05) is 31.2 Å². The Bertz CT molecular complexity index is 902. The van der Waals surface area contributed by atoms with Crippen LogP contribution in [0.1, 0.15) is 26.3 Å². The van der Waals surface area contributed by atoms with Crippen molar-refractivity contribution >= 4 is 57.1 Å². The molecule has 0 radical (unpaired) electrons. The van der Waals surface area contributed by atoms with Crippen molar-refractivity contribution in [1.29, 1.82) is 0 Å². The van der Waals surface area contributed by atoms with Gasteiger partial charge in [0, 0.05) is 13.2 Å². The highest BCUT2D eigenvalue weighted by atomic mass is 127. The van der Waals surface area contributed by atoms with E-state index in [0.717, 1.165) is 12.7 Å².